The van der Waals surface area contributed by atoms with Crippen molar-refractivity contribution >= 4 is 6.08 Å². The highest BCUT2D eigenvalue weighted by atomic mass is 19.4. The van der Waals surface area contributed by atoms with Crippen LogP contribution in [0.5, 0.6) is 0 Å². The van der Waals surface area contributed by atoms with E-state index in [0.29, 0.717) is 0 Å². The van der Waals surface area contributed by atoms with Gasteiger partial charge in [0.15, 0.2) is 0 Å². The fourth-order valence-electron chi connectivity index (χ4n) is 1.96. The molecule has 0 bridgehead atoms. The lowest BCUT2D eigenvalue weighted by molar-refractivity contribution is -0.137. The summed E-state index contributed by atoms with van der Waals surface area (Å²) in [6.07, 6.45) is -3.84. The lowest BCUT2D eigenvalue weighted by Crippen LogP contribution is -2.37. The van der Waals surface area contributed by atoms with E-state index >= 15 is 0 Å². The molecule has 2 nitrogen and oxygen atoms in total. The highest BCUT2D eigenvalue weighted by Gasteiger charge is 2.35. The molecule has 5 heteroatoms. The van der Waals surface area contributed by atoms with Crippen LogP contribution < -0.4 is 10.6 Å². The number of fused-ring (bicyclic) bond motifs is 1. The lowest BCUT2D eigenvalue weighted by Gasteiger charge is -2.23. The Morgan fingerprint density at radius 1 is 1.33 bits per heavy atom. The minimum atomic E-state index is -4.24. The Morgan fingerprint density at radius 3 is 2.72 bits per heavy atom. The summed E-state index contributed by atoms with van der Waals surface area (Å²) >= 11 is 0. The van der Waals surface area contributed by atoms with Crippen molar-refractivity contribution < 1.29 is 13.2 Å². The molecule has 0 radical (unpaired) electrons. The van der Waals surface area contributed by atoms with Gasteiger partial charge in [-0.15, -0.1) is 0 Å². The first-order valence-corrected chi connectivity index (χ1v) is 5.55. The van der Waals surface area contributed by atoms with E-state index < -0.39 is 18.0 Å². The number of alkyl halides is 3. The molecule has 1 aliphatic heterocycles. The highest BCUT2D eigenvalue weighted by molar-refractivity contribution is 5.41. The summed E-state index contributed by atoms with van der Waals surface area (Å²) in [6.45, 7) is 0.0938. The standard InChI is InChI=1S/C13H11F3N2/c14-13(15,16)6-5-12(8-17)7-10-3-1-2-4-11(10)18-9-12/h1-4,7H,5-6,9H2. The Balaban J connectivity index is 2.33. The minimum absolute atomic E-state index is 0.0938. The van der Waals surface area contributed by atoms with Gasteiger partial charge in [0, 0.05) is 6.42 Å². The fourth-order valence-corrected chi connectivity index (χ4v) is 1.96. The molecule has 0 amide bonds. The maximum absolute atomic E-state index is 12.3. The number of rotatable bonds is 2. The molecule has 1 heterocycles. The summed E-state index contributed by atoms with van der Waals surface area (Å²) in [7, 11) is 0. The van der Waals surface area contributed by atoms with Crippen LogP contribution in [-0.4, -0.2) is 12.7 Å². The molecule has 1 atom stereocenters. The number of hydrogen-bond donors (Lipinski definition) is 0. The van der Waals surface area contributed by atoms with Crippen LogP contribution in [0.25, 0.3) is 6.08 Å². The van der Waals surface area contributed by atoms with Crippen molar-refractivity contribution in [2.75, 3.05) is 6.54 Å². The van der Waals surface area contributed by atoms with Crippen LogP contribution in [0.1, 0.15) is 12.8 Å². The maximum Gasteiger partial charge on any atom is 0.389 e. The van der Waals surface area contributed by atoms with Gasteiger partial charge in [0.1, 0.15) is 0 Å². The number of benzene rings is 1. The third-order valence-corrected chi connectivity index (χ3v) is 2.98. The number of nitriles is 1. The van der Waals surface area contributed by atoms with Gasteiger partial charge in [-0.2, -0.15) is 18.4 Å². The summed E-state index contributed by atoms with van der Waals surface area (Å²) < 4.78 is 36.8. The molecule has 0 spiro atoms. The Hall–Kier alpha value is -1.83. The molecule has 0 saturated carbocycles. The van der Waals surface area contributed by atoms with E-state index in [-0.39, 0.29) is 13.0 Å². The SMILES string of the molecule is N#CC1(CCC(F)(F)F)C=c2ccccc2=NC1. The third-order valence-electron chi connectivity index (χ3n) is 2.98. The smallest absolute Gasteiger partial charge is 0.283 e. The first-order chi connectivity index (χ1) is 8.44. The maximum atomic E-state index is 12.3. The van der Waals surface area contributed by atoms with Crippen molar-refractivity contribution in [3.63, 3.8) is 0 Å². The molecule has 0 N–H and O–H groups in total. The largest absolute Gasteiger partial charge is 0.389 e. The zero-order valence-electron chi connectivity index (χ0n) is 9.54. The Morgan fingerprint density at radius 2 is 2.06 bits per heavy atom. The first-order valence-electron chi connectivity index (χ1n) is 5.55. The van der Waals surface area contributed by atoms with Gasteiger partial charge < -0.3 is 0 Å². The van der Waals surface area contributed by atoms with Gasteiger partial charge in [0.05, 0.1) is 23.4 Å². The van der Waals surface area contributed by atoms with E-state index in [1.54, 1.807) is 24.3 Å². The van der Waals surface area contributed by atoms with Gasteiger partial charge >= 0.3 is 6.18 Å². The van der Waals surface area contributed by atoms with E-state index in [0.717, 1.165) is 10.6 Å². The molecule has 0 aromatic heterocycles. The van der Waals surface area contributed by atoms with Crippen LogP contribution in [0.3, 0.4) is 0 Å². The summed E-state index contributed by atoms with van der Waals surface area (Å²) in [5.74, 6) is 0. The summed E-state index contributed by atoms with van der Waals surface area (Å²) in [5.41, 5.74) is -1.14. The van der Waals surface area contributed by atoms with Crippen molar-refractivity contribution in [2.24, 2.45) is 10.4 Å². The van der Waals surface area contributed by atoms with Gasteiger partial charge in [-0.25, -0.2) is 0 Å². The summed E-state index contributed by atoms with van der Waals surface area (Å²) in [5, 5.41) is 10.6. The van der Waals surface area contributed by atoms with Crippen LogP contribution in [0.4, 0.5) is 13.2 Å². The molecule has 0 aliphatic carbocycles. The molecule has 2 rings (SSSR count). The van der Waals surface area contributed by atoms with E-state index in [9.17, 15) is 13.2 Å². The summed E-state index contributed by atoms with van der Waals surface area (Å²) in [4.78, 5) is 4.20. The predicted octanol–water partition coefficient (Wildman–Crippen LogP) is 1.95. The fraction of sp³-hybridized carbons (Fsp3) is 0.385. The highest BCUT2D eigenvalue weighted by Crippen LogP contribution is 2.32. The number of para-hydroxylation sites is 1. The number of hydrogen-bond acceptors (Lipinski definition) is 2. The van der Waals surface area contributed by atoms with Crippen LogP contribution in [-0.2, 0) is 0 Å². The van der Waals surface area contributed by atoms with Crippen LogP contribution in [0.15, 0.2) is 29.3 Å². The van der Waals surface area contributed by atoms with Crippen LogP contribution in [0, 0.1) is 16.7 Å². The van der Waals surface area contributed by atoms with E-state index in [1.807, 2.05) is 12.1 Å². The average Bonchev–Trinajstić information content (AvgIpc) is 2.35. The van der Waals surface area contributed by atoms with Crippen molar-refractivity contribution in [1.82, 2.24) is 0 Å². The van der Waals surface area contributed by atoms with Crippen molar-refractivity contribution in [2.45, 2.75) is 19.0 Å². The zero-order valence-corrected chi connectivity index (χ0v) is 9.54. The summed E-state index contributed by atoms with van der Waals surface area (Å²) in [6, 6.07) is 9.12. The monoisotopic (exact) mass is 252 g/mol. The van der Waals surface area contributed by atoms with E-state index in [4.69, 9.17) is 5.26 Å². The molecular weight excluding hydrogens is 241 g/mol. The van der Waals surface area contributed by atoms with Gasteiger partial charge in [-0.3, -0.25) is 4.99 Å². The Kier molecular flexibility index (Phi) is 3.12. The molecule has 0 fully saturated rings. The molecule has 1 aliphatic rings. The lowest BCUT2D eigenvalue weighted by atomic mass is 9.82. The van der Waals surface area contributed by atoms with Gasteiger partial charge in [0.2, 0.25) is 0 Å². The Bertz CT molecular complexity index is 598. The molecule has 0 saturated heterocycles. The van der Waals surface area contributed by atoms with Gasteiger partial charge in [0.25, 0.3) is 0 Å². The first kappa shape index (κ1) is 12.6. The van der Waals surface area contributed by atoms with Crippen molar-refractivity contribution in [3.05, 3.63) is 34.8 Å². The normalized spacial score (nSPS) is 22.3. The zero-order chi connectivity index (χ0) is 13.2. The molecule has 94 valence electrons. The van der Waals surface area contributed by atoms with Crippen LogP contribution in [0.2, 0.25) is 0 Å². The Labute approximate surface area is 102 Å². The molecule has 18 heavy (non-hydrogen) atoms. The van der Waals surface area contributed by atoms with Gasteiger partial charge in [-0.05, 0) is 17.7 Å². The number of halogens is 3. The van der Waals surface area contributed by atoms with Crippen molar-refractivity contribution in [1.29, 1.82) is 5.26 Å². The van der Waals surface area contributed by atoms with E-state index in [1.165, 1.54) is 0 Å². The predicted molar refractivity (Wildman–Crippen MR) is 59.9 cm³/mol. The second kappa shape index (κ2) is 4.45. The minimum Gasteiger partial charge on any atom is -0.283 e. The molecular formula is C13H11F3N2. The molecule has 1 aromatic carbocycles. The average molecular weight is 252 g/mol. The molecule has 1 unspecified atom stereocenters. The second-order valence-corrected chi connectivity index (χ2v) is 4.40. The number of nitrogens with zero attached hydrogens (tertiary/aromatic N) is 2. The third kappa shape index (κ3) is 2.70. The topological polar surface area (TPSA) is 36.1 Å². The van der Waals surface area contributed by atoms with Crippen LogP contribution >= 0.6 is 0 Å². The van der Waals surface area contributed by atoms with E-state index in [2.05, 4.69) is 4.99 Å². The quantitative estimate of drug-likeness (QED) is 0.792. The van der Waals surface area contributed by atoms with Gasteiger partial charge in [-0.1, -0.05) is 24.3 Å². The molecule has 1 aromatic rings. The van der Waals surface area contributed by atoms with Crippen molar-refractivity contribution in [3.8, 4) is 6.07 Å². The second-order valence-electron chi connectivity index (χ2n) is 4.40.